The minimum absolute atomic E-state index is 0.188. The lowest BCUT2D eigenvalue weighted by Crippen LogP contribution is -2.39. The third-order valence-corrected chi connectivity index (χ3v) is 4.13. The van der Waals surface area contributed by atoms with Crippen LogP contribution in [-0.4, -0.2) is 44.8 Å². The van der Waals surface area contributed by atoms with Gasteiger partial charge in [0.1, 0.15) is 24.0 Å². The summed E-state index contributed by atoms with van der Waals surface area (Å²) >= 11 is 0. The number of hydrogen-bond donors (Lipinski definition) is 2. The Morgan fingerprint density at radius 2 is 1.89 bits per heavy atom. The number of hydrogen-bond acceptors (Lipinski definition) is 6. The van der Waals surface area contributed by atoms with E-state index in [1.54, 1.807) is 26.3 Å². The highest BCUT2D eigenvalue weighted by Crippen LogP contribution is 2.10. The zero-order valence-corrected chi connectivity index (χ0v) is 15.5. The number of rotatable bonds is 7. The quantitative estimate of drug-likeness (QED) is 0.570. The van der Waals surface area contributed by atoms with Gasteiger partial charge in [0, 0.05) is 13.6 Å². The van der Waals surface area contributed by atoms with E-state index >= 15 is 0 Å². The molecule has 3 rings (SSSR count). The van der Waals surface area contributed by atoms with Crippen LogP contribution in [0.2, 0.25) is 0 Å². The number of carbonyl (C=O) groups is 2. The summed E-state index contributed by atoms with van der Waals surface area (Å²) in [6.07, 6.45) is 2.70. The van der Waals surface area contributed by atoms with Crippen molar-refractivity contribution in [3.8, 4) is 5.75 Å². The summed E-state index contributed by atoms with van der Waals surface area (Å²) < 4.78 is 7.73. The smallest absolute Gasteiger partial charge is 0.264 e. The monoisotopic (exact) mass is 384 g/mol. The highest BCUT2D eigenvalue weighted by Gasteiger charge is 2.11. The van der Waals surface area contributed by atoms with Gasteiger partial charge in [0.2, 0.25) is 11.8 Å². The van der Waals surface area contributed by atoms with Crippen LogP contribution in [0.3, 0.4) is 0 Å². The molecule has 3 aromatic rings. The van der Waals surface area contributed by atoms with Gasteiger partial charge in [0.15, 0.2) is 5.65 Å². The molecule has 28 heavy (non-hydrogen) atoms. The Bertz CT molecular complexity index is 1050. The van der Waals surface area contributed by atoms with Crippen molar-refractivity contribution in [2.45, 2.75) is 13.1 Å². The van der Waals surface area contributed by atoms with E-state index in [1.807, 2.05) is 12.1 Å². The number of aryl methyl sites for hydroxylation is 1. The second kappa shape index (κ2) is 8.33. The van der Waals surface area contributed by atoms with Gasteiger partial charge in [-0.15, -0.1) is 0 Å². The molecule has 0 atom stereocenters. The van der Waals surface area contributed by atoms with E-state index in [1.165, 1.54) is 21.8 Å². The first kappa shape index (κ1) is 19.1. The van der Waals surface area contributed by atoms with E-state index in [-0.39, 0.29) is 24.6 Å². The summed E-state index contributed by atoms with van der Waals surface area (Å²) in [5.74, 6) is -0.0689. The Hall–Kier alpha value is -3.69. The number of carbonyl (C=O) groups excluding carboxylic acids is 2. The third kappa shape index (κ3) is 4.34. The number of fused-ring (bicyclic) bond motifs is 1. The number of benzene rings is 1. The van der Waals surface area contributed by atoms with Crippen molar-refractivity contribution >= 4 is 22.8 Å². The number of amides is 2. The normalized spacial score (nSPS) is 10.6. The topological polar surface area (TPSA) is 120 Å². The first-order chi connectivity index (χ1) is 13.5. The Balaban J connectivity index is 1.49. The van der Waals surface area contributed by atoms with Gasteiger partial charge >= 0.3 is 0 Å². The highest BCUT2D eigenvalue weighted by molar-refractivity contribution is 5.84. The van der Waals surface area contributed by atoms with Gasteiger partial charge in [-0.3, -0.25) is 23.6 Å². The van der Waals surface area contributed by atoms with Gasteiger partial charge in [0.25, 0.3) is 5.56 Å². The van der Waals surface area contributed by atoms with Crippen molar-refractivity contribution in [3.63, 3.8) is 0 Å². The second-order valence-electron chi connectivity index (χ2n) is 6.08. The van der Waals surface area contributed by atoms with Crippen LogP contribution >= 0.6 is 0 Å². The fourth-order valence-corrected chi connectivity index (χ4v) is 2.58. The summed E-state index contributed by atoms with van der Waals surface area (Å²) in [6, 6.07) is 7.28. The molecule has 2 heterocycles. The van der Waals surface area contributed by atoms with Crippen molar-refractivity contribution < 1.29 is 14.3 Å². The molecule has 0 unspecified atom stereocenters. The fraction of sp³-hybridized carbons (Fsp3) is 0.278. The standard InChI is InChI=1S/C18H20N6O4/c1-23-17-14(8-22-23)18(27)24(11-21-17)10-16(26)20-9-15(25)19-7-12-3-5-13(28-2)6-4-12/h3-6,8,11H,7,9-10H2,1-2H3,(H,19,25)(H,20,26). The molecule has 0 bridgehead atoms. The molecule has 2 aromatic heterocycles. The van der Waals surface area contributed by atoms with Gasteiger partial charge in [-0.05, 0) is 17.7 Å². The molecular weight excluding hydrogens is 364 g/mol. The lowest BCUT2D eigenvalue weighted by atomic mass is 10.2. The van der Waals surface area contributed by atoms with E-state index in [2.05, 4.69) is 20.7 Å². The summed E-state index contributed by atoms with van der Waals surface area (Å²) in [5.41, 5.74) is 0.986. The summed E-state index contributed by atoms with van der Waals surface area (Å²) in [4.78, 5) is 40.4. The van der Waals surface area contributed by atoms with E-state index < -0.39 is 5.91 Å². The lowest BCUT2D eigenvalue weighted by molar-refractivity contribution is -0.126. The first-order valence-electron chi connectivity index (χ1n) is 8.51. The molecule has 1 aromatic carbocycles. The molecule has 146 valence electrons. The average molecular weight is 384 g/mol. The molecular formula is C18H20N6O4. The lowest BCUT2D eigenvalue weighted by Gasteiger charge is -2.09. The zero-order valence-electron chi connectivity index (χ0n) is 15.5. The molecule has 0 aliphatic rings. The van der Waals surface area contributed by atoms with Crippen molar-refractivity contribution in [1.29, 1.82) is 0 Å². The maximum Gasteiger partial charge on any atom is 0.264 e. The Morgan fingerprint density at radius 3 is 2.61 bits per heavy atom. The number of ether oxygens (including phenoxy) is 1. The van der Waals surface area contributed by atoms with Gasteiger partial charge in [-0.2, -0.15) is 5.10 Å². The second-order valence-corrected chi connectivity index (χ2v) is 6.08. The van der Waals surface area contributed by atoms with Gasteiger partial charge in [0.05, 0.1) is 19.9 Å². The molecule has 10 heteroatoms. The van der Waals surface area contributed by atoms with Crippen LogP contribution in [-0.2, 0) is 29.7 Å². The Morgan fingerprint density at radius 1 is 1.14 bits per heavy atom. The SMILES string of the molecule is COc1ccc(CNC(=O)CNC(=O)Cn2cnc3c(cnn3C)c2=O)cc1. The molecule has 0 saturated carbocycles. The molecule has 10 nitrogen and oxygen atoms in total. The van der Waals surface area contributed by atoms with Gasteiger partial charge < -0.3 is 15.4 Å². The third-order valence-electron chi connectivity index (χ3n) is 4.13. The molecule has 2 amide bonds. The molecule has 0 aliphatic carbocycles. The molecule has 0 spiro atoms. The van der Waals surface area contributed by atoms with Crippen LogP contribution in [0, 0.1) is 0 Å². The summed E-state index contributed by atoms with van der Waals surface area (Å²) in [5, 5.41) is 9.49. The number of aromatic nitrogens is 4. The zero-order chi connectivity index (χ0) is 20.1. The van der Waals surface area contributed by atoms with Gasteiger partial charge in [-0.1, -0.05) is 12.1 Å². The van der Waals surface area contributed by atoms with E-state index in [0.29, 0.717) is 17.6 Å². The molecule has 0 radical (unpaired) electrons. The van der Waals surface area contributed by atoms with Crippen LogP contribution in [0.5, 0.6) is 5.75 Å². The maximum atomic E-state index is 12.3. The largest absolute Gasteiger partial charge is 0.497 e. The molecule has 0 aliphatic heterocycles. The van der Waals surface area contributed by atoms with Crippen molar-refractivity contribution in [1.82, 2.24) is 30.0 Å². The summed E-state index contributed by atoms with van der Waals surface area (Å²) in [7, 11) is 3.26. The molecule has 0 saturated heterocycles. The van der Waals surface area contributed by atoms with Crippen molar-refractivity contribution in [3.05, 3.63) is 52.7 Å². The van der Waals surface area contributed by atoms with E-state index in [9.17, 15) is 14.4 Å². The summed E-state index contributed by atoms with van der Waals surface area (Å²) in [6.45, 7) is -0.0888. The highest BCUT2D eigenvalue weighted by atomic mass is 16.5. The van der Waals surface area contributed by atoms with Crippen molar-refractivity contribution in [2.24, 2.45) is 7.05 Å². The van der Waals surface area contributed by atoms with E-state index in [0.717, 1.165) is 11.3 Å². The van der Waals surface area contributed by atoms with Crippen LogP contribution in [0.1, 0.15) is 5.56 Å². The number of methoxy groups -OCH3 is 1. The minimum atomic E-state index is -0.466. The minimum Gasteiger partial charge on any atom is -0.497 e. The van der Waals surface area contributed by atoms with Crippen LogP contribution < -0.4 is 20.9 Å². The van der Waals surface area contributed by atoms with Crippen LogP contribution in [0.25, 0.3) is 11.0 Å². The van der Waals surface area contributed by atoms with Crippen LogP contribution in [0.15, 0.2) is 41.6 Å². The average Bonchev–Trinajstić information content (AvgIpc) is 3.09. The fourth-order valence-electron chi connectivity index (χ4n) is 2.58. The Kier molecular flexibility index (Phi) is 5.68. The van der Waals surface area contributed by atoms with Crippen LogP contribution in [0.4, 0.5) is 0 Å². The predicted octanol–water partition coefficient (Wildman–Crippen LogP) is -0.429. The molecule has 0 fully saturated rings. The van der Waals surface area contributed by atoms with E-state index in [4.69, 9.17) is 4.74 Å². The Labute approximate surface area is 160 Å². The van der Waals surface area contributed by atoms with Gasteiger partial charge in [-0.25, -0.2) is 4.98 Å². The maximum absolute atomic E-state index is 12.3. The predicted molar refractivity (Wildman–Crippen MR) is 101 cm³/mol. The van der Waals surface area contributed by atoms with Crippen molar-refractivity contribution in [2.75, 3.05) is 13.7 Å². The number of nitrogens with zero attached hydrogens (tertiary/aromatic N) is 4. The number of nitrogens with one attached hydrogen (secondary N) is 2. The molecule has 2 N–H and O–H groups in total. The first-order valence-corrected chi connectivity index (χ1v) is 8.51.